The van der Waals surface area contributed by atoms with Crippen molar-refractivity contribution in [2.75, 3.05) is 11.4 Å². The second-order valence-electron chi connectivity index (χ2n) is 4.76. The molecule has 112 valence electrons. The monoisotopic (exact) mass is 295 g/mol. The van der Waals surface area contributed by atoms with Crippen LogP contribution < -0.4 is 4.90 Å². The van der Waals surface area contributed by atoms with Crippen molar-refractivity contribution in [3.63, 3.8) is 0 Å². The van der Waals surface area contributed by atoms with Gasteiger partial charge in [0, 0.05) is 12.2 Å². The Kier molecular flexibility index (Phi) is 4.85. The first-order chi connectivity index (χ1) is 9.97. The number of benzene rings is 2. The Morgan fingerprint density at radius 1 is 0.905 bits per heavy atom. The van der Waals surface area contributed by atoms with Gasteiger partial charge in [0.15, 0.2) is 6.10 Å². The first-order valence-corrected chi connectivity index (χ1v) is 6.55. The molecule has 2 nitrogen and oxygen atoms in total. The molecule has 0 amide bonds. The van der Waals surface area contributed by atoms with Gasteiger partial charge >= 0.3 is 6.18 Å². The van der Waals surface area contributed by atoms with Gasteiger partial charge in [-0.2, -0.15) is 13.2 Å². The predicted octanol–water partition coefficient (Wildman–Crippen LogP) is 3.62. The Balaban J connectivity index is 2.19. The molecule has 2 rings (SSSR count). The van der Waals surface area contributed by atoms with Crippen molar-refractivity contribution in [1.82, 2.24) is 0 Å². The van der Waals surface area contributed by atoms with Gasteiger partial charge < -0.3 is 10.0 Å². The molecule has 0 bridgehead atoms. The smallest absolute Gasteiger partial charge is 0.382 e. The molecule has 0 fully saturated rings. The van der Waals surface area contributed by atoms with E-state index in [2.05, 4.69) is 0 Å². The first-order valence-electron chi connectivity index (χ1n) is 6.55. The van der Waals surface area contributed by atoms with Crippen LogP contribution in [0.3, 0.4) is 0 Å². The molecule has 2 aromatic rings. The Morgan fingerprint density at radius 3 is 1.95 bits per heavy atom. The van der Waals surface area contributed by atoms with Gasteiger partial charge in [0.1, 0.15) is 0 Å². The molecule has 21 heavy (non-hydrogen) atoms. The first kappa shape index (κ1) is 15.4. The third kappa shape index (κ3) is 4.49. The SMILES string of the molecule is OC(CN(Cc1ccccc1)c1ccccc1)C(F)(F)F. The standard InChI is InChI=1S/C16H16F3NO/c17-16(18,19)15(21)12-20(14-9-5-2-6-10-14)11-13-7-3-1-4-8-13/h1-10,15,21H,11-12H2. The van der Waals surface area contributed by atoms with Crippen LogP contribution in [-0.4, -0.2) is 23.9 Å². The van der Waals surface area contributed by atoms with E-state index in [-0.39, 0.29) is 0 Å². The lowest BCUT2D eigenvalue weighted by Crippen LogP contribution is -2.40. The van der Waals surface area contributed by atoms with Crippen LogP contribution in [0.5, 0.6) is 0 Å². The van der Waals surface area contributed by atoms with Gasteiger partial charge in [-0.25, -0.2) is 0 Å². The van der Waals surface area contributed by atoms with Gasteiger partial charge in [-0.05, 0) is 17.7 Å². The van der Waals surface area contributed by atoms with E-state index < -0.39 is 18.8 Å². The van der Waals surface area contributed by atoms with E-state index in [9.17, 15) is 18.3 Å². The van der Waals surface area contributed by atoms with Crippen LogP contribution in [-0.2, 0) is 6.54 Å². The molecule has 0 heterocycles. The molecule has 0 spiro atoms. The van der Waals surface area contributed by atoms with Crippen LogP contribution >= 0.6 is 0 Å². The van der Waals surface area contributed by atoms with Crippen LogP contribution in [0, 0.1) is 0 Å². The number of hydrogen-bond acceptors (Lipinski definition) is 2. The van der Waals surface area contributed by atoms with Crippen LogP contribution in [0.1, 0.15) is 5.56 Å². The van der Waals surface area contributed by atoms with Crippen LogP contribution in [0.15, 0.2) is 60.7 Å². The van der Waals surface area contributed by atoms with Gasteiger partial charge in [-0.15, -0.1) is 0 Å². The molecule has 0 saturated heterocycles. The number of hydrogen-bond donors (Lipinski definition) is 1. The molecule has 0 aliphatic heterocycles. The van der Waals surface area contributed by atoms with Gasteiger partial charge in [-0.3, -0.25) is 0 Å². The fourth-order valence-electron chi connectivity index (χ4n) is 2.02. The quantitative estimate of drug-likeness (QED) is 0.910. The van der Waals surface area contributed by atoms with E-state index >= 15 is 0 Å². The Morgan fingerprint density at radius 2 is 1.43 bits per heavy atom. The van der Waals surface area contributed by atoms with E-state index in [4.69, 9.17) is 0 Å². The lowest BCUT2D eigenvalue weighted by atomic mass is 10.1. The van der Waals surface area contributed by atoms with Crippen molar-refractivity contribution in [3.8, 4) is 0 Å². The number of alkyl halides is 3. The maximum atomic E-state index is 12.6. The maximum absolute atomic E-state index is 12.6. The molecule has 0 saturated carbocycles. The highest BCUT2D eigenvalue weighted by Gasteiger charge is 2.39. The normalized spacial score (nSPS) is 13.0. The zero-order valence-electron chi connectivity index (χ0n) is 11.3. The Labute approximate surface area is 121 Å². The number of para-hydroxylation sites is 1. The zero-order valence-corrected chi connectivity index (χ0v) is 11.3. The summed E-state index contributed by atoms with van der Waals surface area (Å²) in [4.78, 5) is 1.52. The van der Waals surface area contributed by atoms with Crippen LogP contribution in [0.25, 0.3) is 0 Å². The van der Waals surface area contributed by atoms with Gasteiger partial charge in [-0.1, -0.05) is 48.5 Å². The topological polar surface area (TPSA) is 23.5 Å². The number of halogens is 3. The zero-order chi connectivity index (χ0) is 15.3. The predicted molar refractivity (Wildman–Crippen MR) is 76.0 cm³/mol. The number of rotatable bonds is 5. The fraction of sp³-hybridized carbons (Fsp3) is 0.250. The van der Waals surface area contributed by atoms with E-state index in [0.29, 0.717) is 12.2 Å². The fourth-order valence-corrected chi connectivity index (χ4v) is 2.02. The minimum atomic E-state index is -4.62. The Hall–Kier alpha value is -2.01. The largest absolute Gasteiger partial charge is 0.416 e. The summed E-state index contributed by atoms with van der Waals surface area (Å²) in [6.07, 6.45) is -6.99. The van der Waals surface area contributed by atoms with Crippen LogP contribution in [0.2, 0.25) is 0 Å². The summed E-state index contributed by atoms with van der Waals surface area (Å²) in [5, 5.41) is 9.33. The summed E-state index contributed by atoms with van der Waals surface area (Å²) in [5.74, 6) is 0. The van der Waals surface area contributed by atoms with Crippen molar-refractivity contribution in [2.24, 2.45) is 0 Å². The molecule has 0 aliphatic rings. The summed E-state index contributed by atoms with van der Waals surface area (Å²) >= 11 is 0. The summed E-state index contributed by atoms with van der Waals surface area (Å²) < 4.78 is 37.8. The van der Waals surface area contributed by atoms with Crippen molar-refractivity contribution < 1.29 is 18.3 Å². The maximum Gasteiger partial charge on any atom is 0.416 e. The molecule has 1 atom stereocenters. The van der Waals surface area contributed by atoms with E-state index in [1.807, 2.05) is 30.3 Å². The van der Waals surface area contributed by atoms with Gasteiger partial charge in [0.25, 0.3) is 0 Å². The number of aliphatic hydroxyl groups excluding tert-OH is 1. The number of aliphatic hydroxyl groups is 1. The molecule has 0 radical (unpaired) electrons. The molecule has 1 N–H and O–H groups in total. The number of anilines is 1. The van der Waals surface area contributed by atoms with Crippen LogP contribution in [0.4, 0.5) is 18.9 Å². The second kappa shape index (κ2) is 6.63. The molecule has 0 aromatic heterocycles. The second-order valence-corrected chi connectivity index (χ2v) is 4.76. The highest BCUT2D eigenvalue weighted by molar-refractivity contribution is 5.46. The third-order valence-electron chi connectivity index (χ3n) is 3.11. The highest BCUT2D eigenvalue weighted by Crippen LogP contribution is 2.24. The summed E-state index contributed by atoms with van der Waals surface area (Å²) in [6, 6.07) is 18.0. The van der Waals surface area contributed by atoms with E-state index in [0.717, 1.165) is 5.56 Å². The lowest BCUT2D eigenvalue weighted by molar-refractivity contribution is -0.200. The van der Waals surface area contributed by atoms with Crippen molar-refractivity contribution in [2.45, 2.75) is 18.8 Å². The lowest BCUT2D eigenvalue weighted by Gasteiger charge is -2.28. The molecule has 0 aliphatic carbocycles. The summed E-state index contributed by atoms with van der Waals surface area (Å²) in [6.45, 7) is -0.194. The average molecular weight is 295 g/mol. The molecular formula is C16H16F3NO. The molecule has 2 aromatic carbocycles. The molecule has 5 heteroatoms. The average Bonchev–Trinajstić information content (AvgIpc) is 2.47. The highest BCUT2D eigenvalue weighted by atomic mass is 19.4. The summed E-state index contributed by atoms with van der Waals surface area (Å²) in [5.41, 5.74) is 1.53. The minimum Gasteiger partial charge on any atom is -0.382 e. The Bertz CT molecular complexity index is 542. The minimum absolute atomic E-state index is 0.304. The molecule has 1 unspecified atom stereocenters. The summed E-state index contributed by atoms with van der Waals surface area (Å²) in [7, 11) is 0. The number of nitrogens with zero attached hydrogens (tertiary/aromatic N) is 1. The van der Waals surface area contributed by atoms with E-state index in [1.54, 1.807) is 30.3 Å². The van der Waals surface area contributed by atoms with E-state index in [1.165, 1.54) is 4.90 Å². The van der Waals surface area contributed by atoms with Gasteiger partial charge in [0.05, 0.1) is 6.54 Å². The molecular weight excluding hydrogens is 279 g/mol. The van der Waals surface area contributed by atoms with Crippen molar-refractivity contribution in [3.05, 3.63) is 66.2 Å². The third-order valence-corrected chi connectivity index (χ3v) is 3.11. The van der Waals surface area contributed by atoms with Crippen molar-refractivity contribution in [1.29, 1.82) is 0 Å². The van der Waals surface area contributed by atoms with Crippen molar-refractivity contribution >= 4 is 5.69 Å². The van der Waals surface area contributed by atoms with Gasteiger partial charge in [0.2, 0.25) is 0 Å².